The van der Waals surface area contributed by atoms with Crippen LogP contribution in [0.3, 0.4) is 0 Å². The van der Waals surface area contributed by atoms with E-state index in [0.717, 1.165) is 24.1 Å². The van der Waals surface area contributed by atoms with Crippen LogP contribution in [0.1, 0.15) is 28.8 Å². The van der Waals surface area contributed by atoms with Crippen LogP contribution in [0.5, 0.6) is 0 Å². The molecule has 1 saturated carbocycles. The minimum absolute atomic E-state index is 0.0795. The zero-order valence-corrected chi connectivity index (χ0v) is 13.6. The number of hydroxylamine groups is 2. The predicted octanol–water partition coefficient (Wildman–Crippen LogP) is 3.02. The van der Waals surface area contributed by atoms with Crippen molar-refractivity contribution in [1.29, 1.82) is 0 Å². The van der Waals surface area contributed by atoms with Crippen LogP contribution in [0.15, 0.2) is 65.8 Å². The first kappa shape index (κ1) is 14.7. The molecule has 4 aliphatic rings. The molecule has 2 aromatic rings. The molecule has 6 rings (SSSR count). The Bertz CT molecular complexity index is 821. The lowest BCUT2D eigenvalue weighted by molar-refractivity contribution is -0.283. The lowest BCUT2D eigenvalue weighted by atomic mass is 9.75. The third-order valence-corrected chi connectivity index (χ3v) is 5.31. The van der Waals surface area contributed by atoms with Crippen molar-refractivity contribution in [3.63, 3.8) is 0 Å². The second-order valence-electron chi connectivity index (χ2n) is 6.72. The lowest BCUT2D eigenvalue weighted by Crippen LogP contribution is -2.63. The highest BCUT2D eigenvalue weighted by Crippen LogP contribution is 2.44. The van der Waals surface area contributed by atoms with Crippen molar-refractivity contribution in [2.45, 2.75) is 31.1 Å². The molecule has 5 nitrogen and oxygen atoms in total. The molecule has 3 heterocycles. The first-order valence-electron chi connectivity index (χ1n) is 8.67. The molecule has 0 aromatic heterocycles. The summed E-state index contributed by atoms with van der Waals surface area (Å²) >= 11 is 0. The Morgan fingerprint density at radius 1 is 1.00 bits per heavy atom. The van der Waals surface area contributed by atoms with Crippen molar-refractivity contribution in [3.8, 4) is 0 Å². The normalized spacial score (nSPS) is 29.8. The monoisotopic (exact) mass is 334 g/mol. The maximum Gasteiger partial charge on any atom is 0.277 e. The Balaban J connectivity index is 1.43. The van der Waals surface area contributed by atoms with E-state index in [2.05, 4.69) is 5.16 Å². The molecule has 126 valence electrons. The van der Waals surface area contributed by atoms with Gasteiger partial charge in [0.2, 0.25) is 0 Å². The fourth-order valence-corrected chi connectivity index (χ4v) is 4.13. The van der Waals surface area contributed by atoms with Crippen molar-refractivity contribution in [1.82, 2.24) is 5.06 Å². The second-order valence-corrected chi connectivity index (χ2v) is 6.72. The summed E-state index contributed by atoms with van der Waals surface area (Å²) in [5, 5.41) is 5.88. The Morgan fingerprint density at radius 2 is 1.72 bits per heavy atom. The average molecular weight is 334 g/mol. The largest absolute Gasteiger partial charge is 0.389 e. The zero-order chi connectivity index (χ0) is 16.8. The van der Waals surface area contributed by atoms with Gasteiger partial charge in [0.15, 0.2) is 6.10 Å². The summed E-state index contributed by atoms with van der Waals surface area (Å²) in [6, 6.07) is 19.2. The maximum atomic E-state index is 12.8. The molecule has 4 atom stereocenters. The van der Waals surface area contributed by atoms with E-state index in [1.807, 2.05) is 60.7 Å². The molecule has 1 amide bonds. The van der Waals surface area contributed by atoms with Crippen LogP contribution in [0.2, 0.25) is 0 Å². The van der Waals surface area contributed by atoms with E-state index in [-0.39, 0.29) is 30.1 Å². The zero-order valence-electron chi connectivity index (χ0n) is 13.6. The molecule has 0 N–H and O–H groups in total. The fraction of sp³-hybridized carbons (Fsp3) is 0.300. The van der Waals surface area contributed by atoms with Crippen LogP contribution in [0.4, 0.5) is 0 Å². The first-order valence-corrected chi connectivity index (χ1v) is 8.67. The second kappa shape index (κ2) is 5.70. The number of hydrogen-bond donors (Lipinski definition) is 0. The van der Waals surface area contributed by atoms with Gasteiger partial charge in [-0.2, -0.15) is 0 Å². The fourth-order valence-electron chi connectivity index (χ4n) is 4.13. The molecule has 0 spiro atoms. The Kier molecular flexibility index (Phi) is 3.35. The van der Waals surface area contributed by atoms with Crippen LogP contribution in [0, 0.1) is 5.92 Å². The summed E-state index contributed by atoms with van der Waals surface area (Å²) in [4.78, 5) is 24.7. The van der Waals surface area contributed by atoms with Gasteiger partial charge in [0, 0.05) is 5.56 Å². The van der Waals surface area contributed by atoms with Crippen molar-refractivity contribution in [2.24, 2.45) is 11.1 Å². The molecule has 3 aliphatic heterocycles. The topological polar surface area (TPSA) is 51.1 Å². The van der Waals surface area contributed by atoms with Gasteiger partial charge >= 0.3 is 0 Å². The van der Waals surface area contributed by atoms with Gasteiger partial charge in [-0.15, -0.1) is 0 Å². The highest BCUT2D eigenvalue weighted by molar-refractivity contribution is 6.04. The quantitative estimate of drug-likeness (QED) is 0.848. The van der Waals surface area contributed by atoms with Gasteiger partial charge in [-0.1, -0.05) is 53.7 Å². The number of hydrogen-bond acceptors (Lipinski definition) is 4. The Labute approximate surface area is 145 Å². The number of nitrogens with zero attached hydrogens (tertiary/aromatic N) is 2. The molecular weight excluding hydrogens is 316 g/mol. The van der Waals surface area contributed by atoms with Gasteiger partial charge in [-0.3, -0.25) is 9.63 Å². The summed E-state index contributed by atoms with van der Waals surface area (Å²) in [5.41, 5.74) is 2.63. The lowest BCUT2D eigenvalue weighted by Gasteiger charge is -2.49. The van der Waals surface area contributed by atoms with Crippen LogP contribution < -0.4 is 0 Å². The number of carbonyl (C=O) groups excluding carboxylic acids is 1. The standard InChI is InChI=1S/C20H18N2O3/c23-20(14-9-5-2-6-10-14)22-15-11-12-16(25-22)17-18(21-24-19(15)17)13-7-3-1-4-8-13/h1-10,15-17,19H,11-12H2/t15-,16+,17+,19+/m1/s1. The van der Waals surface area contributed by atoms with E-state index in [9.17, 15) is 4.79 Å². The molecular formula is C20H18N2O3. The summed E-state index contributed by atoms with van der Waals surface area (Å²) in [6.07, 6.45) is 1.58. The van der Waals surface area contributed by atoms with Crippen molar-refractivity contribution < 1.29 is 14.5 Å². The van der Waals surface area contributed by atoms with E-state index >= 15 is 0 Å². The Hall–Kier alpha value is -2.66. The van der Waals surface area contributed by atoms with E-state index in [4.69, 9.17) is 9.68 Å². The van der Waals surface area contributed by atoms with Crippen molar-refractivity contribution in [3.05, 3.63) is 71.8 Å². The van der Waals surface area contributed by atoms with Crippen LogP contribution in [-0.4, -0.2) is 34.9 Å². The minimum Gasteiger partial charge on any atom is -0.389 e. The van der Waals surface area contributed by atoms with Gasteiger partial charge < -0.3 is 4.84 Å². The number of amides is 1. The highest BCUT2D eigenvalue weighted by Gasteiger charge is 2.56. The van der Waals surface area contributed by atoms with Crippen molar-refractivity contribution >= 4 is 11.6 Å². The van der Waals surface area contributed by atoms with Crippen LogP contribution in [0.25, 0.3) is 0 Å². The van der Waals surface area contributed by atoms with Gasteiger partial charge in [0.05, 0.1) is 17.7 Å². The summed E-state index contributed by atoms with van der Waals surface area (Å²) in [5.74, 6) is -0.0218. The van der Waals surface area contributed by atoms with E-state index in [0.29, 0.717) is 5.56 Å². The number of carbonyl (C=O) groups is 1. The molecule has 0 unspecified atom stereocenters. The molecule has 25 heavy (non-hydrogen) atoms. The smallest absolute Gasteiger partial charge is 0.277 e. The summed E-state index contributed by atoms with van der Waals surface area (Å²) in [7, 11) is 0. The summed E-state index contributed by atoms with van der Waals surface area (Å²) < 4.78 is 0. The highest BCUT2D eigenvalue weighted by atomic mass is 16.7. The maximum absolute atomic E-state index is 12.8. The third kappa shape index (κ3) is 2.27. The van der Waals surface area contributed by atoms with E-state index in [1.165, 1.54) is 5.06 Å². The number of benzene rings is 2. The molecule has 2 saturated heterocycles. The van der Waals surface area contributed by atoms with E-state index in [1.54, 1.807) is 0 Å². The summed E-state index contributed by atoms with van der Waals surface area (Å²) in [6.45, 7) is 0. The average Bonchev–Trinajstić information content (AvgIpc) is 3.16. The number of rotatable bonds is 2. The van der Waals surface area contributed by atoms with E-state index < -0.39 is 0 Å². The van der Waals surface area contributed by atoms with Gasteiger partial charge in [-0.05, 0) is 30.5 Å². The molecule has 1 aliphatic carbocycles. The number of oxime groups is 1. The SMILES string of the molecule is O=C(c1ccccc1)N1O[C@H]2CC[C@@H]1[C@@H]1ON=C(c3ccccc3)[C@@H]12. The first-order chi connectivity index (χ1) is 12.3. The predicted molar refractivity (Wildman–Crippen MR) is 91.8 cm³/mol. The Morgan fingerprint density at radius 3 is 2.48 bits per heavy atom. The van der Waals surface area contributed by atoms with Gasteiger partial charge in [-0.25, -0.2) is 5.06 Å². The van der Waals surface area contributed by atoms with Crippen molar-refractivity contribution in [2.75, 3.05) is 0 Å². The van der Waals surface area contributed by atoms with Crippen LogP contribution in [-0.2, 0) is 9.68 Å². The molecule has 3 fully saturated rings. The van der Waals surface area contributed by atoms with Crippen LogP contribution >= 0.6 is 0 Å². The third-order valence-electron chi connectivity index (χ3n) is 5.31. The molecule has 2 aromatic carbocycles. The minimum atomic E-state index is -0.129. The number of fused-ring (bicyclic) bond motifs is 2. The van der Waals surface area contributed by atoms with Gasteiger partial charge in [0.1, 0.15) is 6.04 Å². The molecule has 2 bridgehead atoms. The molecule has 5 heteroatoms. The molecule has 0 radical (unpaired) electrons. The van der Waals surface area contributed by atoms with Gasteiger partial charge in [0.25, 0.3) is 5.91 Å².